The van der Waals surface area contributed by atoms with Crippen molar-refractivity contribution in [3.05, 3.63) is 47.8 Å². The molecule has 2 rings (SSSR count). The zero-order chi connectivity index (χ0) is 12.3. The summed E-state index contributed by atoms with van der Waals surface area (Å²) < 4.78 is 13.1. The molecule has 1 atom stereocenters. The summed E-state index contributed by atoms with van der Waals surface area (Å²) in [4.78, 5) is 2.38. The third kappa shape index (κ3) is 3.31. The SMILES string of the molecule is C=C[C@@H](c1ccc(F)cc1C)N1CCNCC1.Cl. The van der Waals surface area contributed by atoms with Crippen LogP contribution in [-0.4, -0.2) is 31.1 Å². The quantitative estimate of drug-likeness (QED) is 0.850. The van der Waals surface area contributed by atoms with Gasteiger partial charge in [-0.2, -0.15) is 0 Å². The minimum absolute atomic E-state index is 0. The Labute approximate surface area is 114 Å². The number of hydrogen-bond acceptors (Lipinski definition) is 2. The molecule has 0 saturated carbocycles. The van der Waals surface area contributed by atoms with Crippen molar-refractivity contribution in [3.63, 3.8) is 0 Å². The van der Waals surface area contributed by atoms with Gasteiger partial charge in [0.1, 0.15) is 5.82 Å². The van der Waals surface area contributed by atoms with Crippen molar-refractivity contribution in [2.45, 2.75) is 13.0 Å². The number of piperazine rings is 1. The van der Waals surface area contributed by atoms with Crippen LogP contribution in [0.15, 0.2) is 30.9 Å². The van der Waals surface area contributed by atoms with Gasteiger partial charge >= 0.3 is 0 Å². The molecule has 1 aliphatic rings. The molecule has 1 heterocycles. The molecule has 1 N–H and O–H groups in total. The van der Waals surface area contributed by atoms with Crippen molar-refractivity contribution >= 4 is 12.4 Å². The Morgan fingerprint density at radius 3 is 2.61 bits per heavy atom. The van der Waals surface area contributed by atoms with Gasteiger partial charge in [-0.15, -0.1) is 19.0 Å². The van der Waals surface area contributed by atoms with Gasteiger partial charge in [-0.05, 0) is 30.2 Å². The summed E-state index contributed by atoms with van der Waals surface area (Å²) in [6, 6.07) is 5.19. The van der Waals surface area contributed by atoms with E-state index in [2.05, 4.69) is 16.8 Å². The number of halogens is 2. The Morgan fingerprint density at radius 2 is 2.06 bits per heavy atom. The first-order chi connectivity index (χ1) is 8.22. The monoisotopic (exact) mass is 270 g/mol. The topological polar surface area (TPSA) is 15.3 Å². The van der Waals surface area contributed by atoms with Crippen LogP contribution in [-0.2, 0) is 0 Å². The Morgan fingerprint density at radius 1 is 1.39 bits per heavy atom. The number of rotatable bonds is 3. The molecule has 0 radical (unpaired) electrons. The van der Waals surface area contributed by atoms with E-state index >= 15 is 0 Å². The van der Waals surface area contributed by atoms with Gasteiger partial charge in [-0.25, -0.2) is 4.39 Å². The lowest BCUT2D eigenvalue weighted by Crippen LogP contribution is -2.44. The van der Waals surface area contributed by atoms with Gasteiger partial charge < -0.3 is 5.32 Å². The zero-order valence-corrected chi connectivity index (χ0v) is 11.5. The van der Waals surface area contributed by atoms with Gasteiger partial charge in [0, 0.05) is 26.2 Å². The third-order valence-corrected chi connectivity index (χ3v) is 3.32. The van der Waals surface area contributed by atoms with Gasteiger partial charge in [-0.3, -0.25) is 4.90 Å². The summed E-state index contributed by atoms with van der Waals surface area (Å²) in [5, 5.41) is 3.33. The van der Waals surface area contributed by atoms with Gasteiger partial charge in [0.2, 0.25) is 0 Å². The lowest BCUT2D eigenvalue weighted by atomic mass is 9.99. The highest BCUT2D eigenvalue weighted by molar-refractivity contribution is 5.85. The van der Waals surface area contributed by atoms with E-state index in [0.717, 1.165) is 37.3 Å². The van der Waals surface area contributed by atoms with Crippen LogP contribution in [0, 0.1) is 12.7 Å². The maximum absolute atomic E-state index is 13.1. The second kappa shape index (κ2) is 6.88. The van der Waals surface area contributed by atoms with E-state index in [4.69, 9.17) is 0 Å². The molecule has 1 aromatic rings. The van der Waals surface area contributed by atoms with Crippen molar-refractivity contribution in [1.29, 1.82) is 0 Å². The fraction of sp³-hybridized carbons (Fsp3) is 0.429. The van der Waals surface area contributed by atoms with Crippen molar-refractivity contribution in [2.75, 3.05) is 26.2 Å². The molecular formula is C14H20ClFN2. The maximum atomic E-state index is 13.1. The molecule has 18 heavy (non-hydrogen) atoms. The summed E-state index contributed by atoms with van der Waals surface area (Å²) in [6.45, 7) is 9.90. The van der Waals surface area contributed by atoms with Crippen LogP contribution in [0.4, 0.5) is 4.39 Å². The highest BCUT2D eigenvalue weighted by Gasteiger charge is 2.20. The molecule has 1 saturated heterocycles. The summed E-state index contributed by atoms with van der Waals surface area (Å²) in [5.41, 5.74) is 2.15. The van der Waals surface area contributed by atoms with Gasteiger partial charge in [-0.1, -0.05) is 12.1 Å². The first-order valence-corrected chi connectivity index (χ1v) is 6.06. The lowest BCUT2D eigenvalue weighted by molar-refractivity contribution is 0.203. The van der Waals surface area contributed by atoms with Crippen molar-refractivity contribution < 1.29 is 4.39 Å². The smallest absolute Gasteiger partial charge is 0.123 e. The molecule has 100 valence electrons. The molecule has 1 aliphatic heterocycles. The Hall–Kier alpha value is -0.900. The van der Waals surface area contributed by atoms with Gasteiger partial charge in [0.15, 0.2) is 0 Å². The molecule has 1 fully saturated rings. The molecule has 1 aromatic carbocycles. The molecule has 4 heteroatoms. The predicted octanol–water partition coefficient (Wildman–Crippen LogP) is 2.69. The highest BCUT2D eigenvalue weighted by Crippen LogP contribution is 2.25. The van der Waals surface area contributed by atoms with Crippen molar-refractivity contribution in [3.8, 4) is 0 Å². The molecule has 0 amide bonds. The highest BCUT2D eigenvalue weighted by atomic mass is 35.5. The predicted molar refractivity (Wildman–Crippen MR) is 75.8 cm³/mol. The van der Waals surface area contributed by atoms with E-state index in [1.54, 1.807) is 6.07 Å². The summed E-state index contributed by atoms with van der Waals surface area (Å²) in [7, 11) is 0. The van der Waals surface area contributed by atoms with Gasteiger partial charge in [0.25, 0.3) is 0 Å². The molecular weight excluding hydrogens is 251 g/mol. The van der Waals surface area contributed by atoms with E-state index in [9.17, 15) is 4.39 Å². The number of nitrogens with one attached hydrogen (secondary N) is 1. The zero-order valence-electron chi connectivity index (χ0n) is 10.7. The largest absolute Gasteiger partial charge is 0.314 e. The van der Waals surface area contributed by atoms with Gasteiger partial charge in [0.05, 0.1) is 6.04 Å². The first kappa shape index (κ1) is 15.2. The molecule has 0 bridgehead atoms. The Bertz CT molecular complexity index is 403. The lowest BCUT2D eigenvalue weighted by Gasteiger charge is -2.34. The average Bonchev–Trinajstić information content (AvgIpc) is 2.34. The number of aryl methyl sites for hydroxylation is 1. The van der Waals surface area contributed by atoms with E-state index in [1.165, 1.54) is 6.07 Å². The Kier molecular flexibility index (Phi) is 5.79. The van der Waals surface area contributed by atoms with E-state index < -0.39 is 0 Å². The molecule has 2 nitrogen and oxygen atoms in total. The van der Waals surface area contributed by atoms with Crippen LogP contribution in [0.5, 0.6) is 0 Å². The Balaban J connectivity index is 0.00000162. The minimum atomic E-state index is -0.172. The number of benzene rings is 1. The average molecular weight is 271 g/mol. The third-order valence-electron chi connectivity index (χ3n) is 3.32. The summed E-state index contributed by atoms with van der Waals surface area (Å²) in [6.07, 6.45) is 1.95. The second-order valence-electron chi connectivity index (χ2n) is 4.47. The van der Waals surface area contributed by atoms with E-state index in [0.29, 0.717) is 0 Å². The van der Waals surface area contributed by atoms with E-state index in [1.807, 2.05) is 19.1 Å². The molecule has 0 spiro atoms. The normalized spacial score (nSPS) is 17.9. The van der Waals surface area contributed by atoms with Crippen LogP contribution < -0.4 is 5.32 Å². The van der Waals surface area contributed by atoms with Crippen molar-refractivity contribution in [2.24, 2.45) is 0 Å². The number of nitrogens with zero attached hydrogens (tertiary/aromatic N) is 1. The molecule has 0 aliphatic carbocycles. The van der Waals surface area contributed by atoms with Crippen LogP contribution >= 0.6 is 12.4 Å². The maximum Gasteiger partial charge on any atom is 0.123 e. The van der Waals surface area contributed by atoms with Crippen molar-refractivity contribution in [1.82, 2.24) is 10.2 Å². The standard InChI is InChI=1S/C14H19FN2.ClH/c1-3-14(17-8-6-16-7-9-17)13-5-4-12(15)10-11(13)2;/h3-5,10,14,16H,1,6-9H2,2H3;1H/t14-;/m0./s1. The van der Waals surface area contributed by atoms with E-state index in [-0.39, 0.29) is 24.3 Å². The first-order valence-electron chi connectivity index (χ1n) is 6.06. The second-order valence-corrected chi connectivity index (χ2v) is 4.47. The summed E-state index contributed by atoms with van der Waals surface area (Å²) >= 11 is 0. The fourth-order valence-corrected chi connectivity index (χ4v) is 2.40. The van der Waals surface area contributed by atoms with Crippen LogP contribution in [0.3, 0.4) is 0 Å². The molecule has 0 aromatic heterocycles. The summed E-state index contributed by atoms with van der Waals surface area (Å²) in [5.74, 6) is -0.172. The molecule has 0 unspecified atom stereocenters. The number of hydrogen-bond donors (Lipinski definition) is 1. The van der Waals surface area contributed by atoms with Crippen LogP contribution in [0.25, 0.3) is 0 Å². The van der Waals surface area contributed by atoms with Crippen LogP contribution in [0.1, 0.15) is 17.2 Å². The minimum Gasteiger partial charge on any atom is -0.314 e. The fourth-order valence-electron chi connectivity index (χ4n) is 2.40. The van der Waals surface area contributed by atoms with Crippen LogP contribution in [0.2, 0.25) is 0 Å².